The van der Waals surface area contributed by atoms with E-state index in [4.69, 9.17) is 0 Å². The van der Waals surface area contributed by atoms with Crippen LogP contribution in [0.3, 0.4) is 0 Å². The van der Waals surface area contributed by atoms with Crippen LogP contribution in [-0.4, -0.2) is 33.9 Å². The van der Waals surface area contributed by atoms with Crippen LogP contribution in [-0.2, 0) is 0 Å². The largest absolute Gasteiger partial charge is 0.346 e. The molecule has 5 heteroatoms. The molecule has 0 unspecified atom stereocenters. The predicted molar refractivity (Wildman–Crippen MR) is 80.3 cm³/mol. The molecule has 106 valence electrons. The van der Waals surface area contributed by atoms with Crippen LogP contribution in [0.25, 0.3) is 0 Å². The lowest BCUT2D eigenvalue weighted by Crippen LogP contribution is -2.39. The Morgan fingerprint density at radius 3 is 2.95 bits per heavy atom. The van der Waals surface area contributed by atoms with Gasteiger partial charge >= 0.3 is 0 Å². The zero-order valence-corrected chi connectivity index (χ0v) is 12.7. The fourth-order valence-corrected chi connectivity index (χ4v) is 3.57. The van der Waals surface area contributed by atoms with Crippen LogP contribution in [0.5, 0.6) is 0 Å². The smallest absolute Gasteiger partial charge is 0.263 e. The summed E-state index contributed by atoms with van der Waals surface area (Å²) in [5, 5.41) is 0. The molecule has 4 nitrogen and oxygen atoms in total. The van der Waals surface area contributed by atoms with Gasteiger partial charge in [-0.2, -0.15) is 0 Å². The lowest BCUT2D eigenvalue weighted by Gasteiger charge is -2.31. The summed E-state index contributed by atoms with van der Waals surface area (Å²) in [6.45, 7) is 5.66. The first-order valence-electron chi connectivity index (χ1n) is 7.00. The monoisotopic (exact) mass is 289 g/mol. The Hall–Kier alpha value is -1.62. The Kier molecular flexibility index (Phi) is 3.61. The van der Waals surface area contributed by atoms with Gasteiger partial charge in [0.25, 0.3) is 5.91 Å². The van der Waals surface area contributed by atoms with Crippen LogP contribution >= 0.6 is 11.3 Å². The Labute approximate surface area is 122 Å². The molecule has 20 heavy (non-hydrogen) atoms. The summed E-state index contributed by atoms with van der Waals surface area (Å²) in [5.41, 5.74) is 1.08. The number of H-pyrrole nitrogens is 1. The molecule has 0 saturated carbocycles. The van der Waals surface area contributed by atoms with Crippen molar-refractivity contribution in [1.29, 1.82) is 0 Å². The average molecular weight is 289 g/mol. The van der Waals surface area contributed by atoms with Crippen molar-refractivity contribution < 1.29 is 4.79 Å². The van der Waals surface area contributed by atoms with Gasteiger partial charge in [0.2, 0.25) is 0 Å². The van der Waals surface area contributed by atoms with Gasteiger partial charge in [-0.3, -0.25) is 4.79 Å². The van der Waals surface area contributed by atoms with E-state index in [9.17, 15) is 4.79 Å². The van der Waals surface area contributed by atoms with Crippen molar-refractivity contribution in [2.24, 2.45) is 0 Å². The number of thiophene rings is 1. The second kappa shape index (κ2) is 5.40. The number of imidazole rings is 1. The van der Waals surface area contributed by atoms with Gasteiger partial charge < -0.3 is 9.88 Å². The minimum absolute atomic E-state index is 0.163. The molecule has 0 aromatic carbocycles. The second-order valence-corrected chi connectivity index (χ2v) is 6.74. The van der Waals surface area contributed by atoms with Crippen LogP contribution in [0.4, 0.5) is 0 Å². The number of aromatic amines is 1. The third-order valence-electron chi connectivity index (χ3n) is 3.77. The number of piperidine rings is 1. The van der Waals surface area contributed by atoms with E-state index in [1.807, 2.05) is 37.1 Å². The minimum Gasteiger partial charge on any atom is -0.346 e. The third kappa shape index (κ3) is 2.63. The molecule has 3 heterocycles. The van der Waals surface area contributed by atoms with Crippen molar-refractivity contribution in [3.8, 4) is 0 Å². The fourth-order valence-electron chi connectivity index (χ4n) is 2.73. The van der Waals surface area contributed by atoms with Gasteiger partial charge in [-0.1, -0.05) is 0 Å². The van der Waals surface area contributed by atoms with E-state index in [1.165, 1.54) is 4.88 Å². The minimum atomic E-state index is 0.163. The molecule has 2 aromatic heterocycles. The zero-order chi connectivity index (χ0) is 14.1. The summed E-state index contributed by atoms with van der Waals surface area (Å²) in [7, 11) is 0. The topological polar surface area (TPSA) is 49.0 Å². The summed E-state index contributed by atoms with van der Waals surface area (Å²) in [6.07, 6.45) is 4.00. The van der Waals surface area contributed by atoms with Gasteiger partial charge in [0, 0.05) is 35.8 Å². The first-order chi connectivity index (χ1) is 9.63. The summed E-state index contributed by atoms with van der Waals surface area (Å²) >= 11 is 1.58. The maximum atomic E-state index is 12.5. The number of carbonyl (C=O) groups excluding carboxylic acids is 1. The molecule has 3 rings (SSSR count). The van der Waals surface area contributed by atoms with E-state index in [1.54, 1.807) is 11.3 Å². The summed E-state index contributed by atoms with van der Waals surface area (Å²) < 4.78 is 0. The number of nitrogens with one attached hydrogen (secondary N) is 1. The van der Waals surface area contributed by atoms with Crippen molar-refractivity contribution in [3.63, 3.8) is 0 Å². The van der Waals surface area contributed by atoms with Crippen LogP contribution in [0, 0.1) is 13.8 Å². The predicted octanol–water partition coefficient (Wildman–Crippen LogP) is 3.11. The molecule has 1 atom stereocenters. The summed E-state index contributed by atoms with van der Waals surface area (Å²) in [6, 6.07) is 3.94. The van der Waals surface area contributed by atoms with Crippen molar-refractivity contribution in [3.05, 3.63) is 39.6 Å². The Morgan fingerprint density at radius 1 is 1.45 bits per heavy atom. The SMILES string of the molecule is Cc1cnc([C@H]2CCCN(C(=O)c3ccc(C)s3)C2)[nH]1. The number of rotatable bonds is 2. The van der Waals surface area contributed by atoms with Crippen LogP contribution in [0.2, 0.25) is 0 Å². The van der Waals surface area contributed by atoms with E-state index in [0.29, 0.717) is 5.92 Å². The van der Waals surface area contributed by atoms with Crippen LogP contribution < -0.4 is 0 Å². The van der Waals surface area contributed by atoms with E-state index in [0.717, 1.165) is 42.3 Å². The second-order valence-electron chi connectivity index (χ2n) is 5.45. The number of aromatic nitrogens is 2. The molecular weight excluding hydrogens is 270 g/mol. The highest BCUT2D eigenvalue weighted by Gasteiger charge is 2.27. The van der Waals surface area contributed by atoms with Crippen molar-refractivity contribution >= 4 is 17.2 Å². The summed E-state index contributed by atoms with van der Waals surface area (Å²) in [4.78, 5) is 24.2. The van der Waals surface area contributed by atoms with E-state index >= 15 is 0 Å². The standard InChI is InChI=1S/C15H19N3OS/c1-10-8-16-14(17-10)12-4-3-7-18(9-12)15(19)13-6-5-11(2)20-13/h5-6,8,12H,3-4,7,9H2,1-2H3,(H,16,17)/t12-/m0/s1. The molecule has 1 fully saturated rings. The van der Waals surface area contributed by atoms with Gasteiger partial charge in [-0.25, -0.2) is 4.98 Å². The molecule has 2 aromatic rings. The molecule has 0 bridgehead atoms. The van der Waals surface area contributed by atoms with Gasteiger partial charge in [0.1, 0.15) is 5.82 Å². The molecule has 1 saturated heterocycles. The highest BCUT2D eigenvalue weighted by molar-refractivity contribution is 7.13. The molecule has 1 aliphatic rings. The summed E-state index contributed by atoms with van der Waals surface area (Å²) in [5.74, 6) is 1.51. The number of nitrogens with zero attached hydrogens (tertiary/aromatic N) is 2. The first kappa shape index (κ1) is 13.4. The lowest BCUT2D eigenvalue weighted by atomic mass is 9.97. The van der Waals surface area contributed by atoms with Crippen molar-refractivity contribution in [2.75, 3.05) is 13.1 Å². The number of hydrogen-bond acceptors (Lipinski definition) is 3. The van der Waals surface area contributed by atoms with Crippen molar-refractivity contribution in [1.82, 2.24) is 14.9 Å². The van der Waals surface area contributed by atoms with Crippen molar-refractivity contribution in [2.45, 2.75) is 32.6 Å². The molecule has 0 radical (unpaired) electrons. The maximum Gasteiger partial charge on any atom is 0.263 e. The molecule has 1 aliphatic heterocycles. The third-order valence-corrected chi connectivity index (χ3v) is 4.76. The van der Waals surface area contributed by atoms with Crippen LogP contribution in [0.1, 0.15) is 44.8 Å². The number of amides is 1. The molecule has 0 spiro atoms. The van der Waals surface area contributed by atoms with Gasteiger partial charge in [0.15, 0.2) is 0 Å². The number of hydrogen-bond donors (Lipinski definition) is 1. The van der Waals surface area contributed by atoms with E-state index in [2.05, 4.69) is 9.97 Å². The van der Waals surface area contributed by atoms with Gasteiger partial charge in [-0.15, -0.1) is 11.3 Å². The molecular formula is C15H19N3OS. The highest BCUT2D eigenvalue weighted by atomic mass is 32.1. The Morgan fingerprint density at radius 2 is 2.30 bits per heavy atom. The fraction of sp³-hybridized carbons (Fsp3) is 0.467. The Bertz CT molecular complexity index is 616. The Balaban J connectivity index is 1.73. The number of carbonyl (C=O) groups is 1. The van der Waals surface area contributed by atoms with E-state index in [-0.39, 0.29) is 5.91 Å². The van der Waals surface area contributed by atoms with Gasteiger partial charge in [0.05, 0.1) is 4.88 Å². The quantitative estimate of drug-likeness (QED) is 0.923. The number of aryl methyl sites for hydroxylation is 2. The van der Waals surface area contributed by atoms with Gasteiger partial charge in [-0.05, 0) is 38.8 Å². The molecule has 1 amide bonds. The lowest BCUT2D eigenvalue weighted by molar-refractivity contribution is 0.0709. The van der Waals surface area contributed by atoms with Crippen LogP contribution in [0.15, 0.2) is 18.3 Å². The zero-order valence-electron chi connectivity index (χ0n) is 11.8. The first-order valence-corrected chi connectivity index (χ1v) is 7.82. The average Bonchev–Trinajstić information content (AvgIpc) is 3.07. The van der Waals surface area contributed by atoms with E-state index < -0.39 is 0 Å². The number of likely N-dealkylation sites (tertiary alicyclic amines) is 1. The molecule has 0 aliphatic carbocycles. The molecule has 1 N–H and O–H groups in total. The highest BCUT2D eigenvalue weighted by Crippen LogP contribution is 2.27. The maximum absolute atomic E-state index is 12.5. The normalized spacial score (nSPS) is 19.3.